The summed E-state index contributed by atoms with van der Waals surface area (Å²) in [6.07, 6.45) is 0.987. The van der Waals surface area contributed by atoms with Gasteiger partial charge in [-0.1, -0.05) is 11.8 Å². The molecule has 0 radical (unpaired) electrons. The third kappa shape index (κ3) is 3.02. The number of ether oxygens (including phenoxy) is 1. The fourth-order valence-corrected chi connectivity index (χ4v) is 4.95. The van der Waals surface area contributed by atoms with Crippen LogP contribution >= 0.6 is 11.8 Å². The number of rotatable bonds is 4. The first-order chi connectivity index (χ1) is 11.3. The summed E-state index contributed by atoms with van der Waals surface area (Å²) < 4.78 is 31.9. The summed E-state index contributed by atoms with van der Waals surface area (Å²) in [6, 6.07) is 1.17. The molecule has 0 spiro atoms. The monoisotopic (exact) mass is 371 g/mol. The van der Waals surface area contributed by atoms with E-state index in [0.29, 0.717) is 11.7 Å². The predicted molar refractivity (Wildman–Crippen MR) is 87.0 cm³/mol. The first kappa shape index (κ1) is 17.2. The van der Waals surface area contributed by atoms with Gasteiger partial charge in [0.25, 0.3) is 0 Å². The Balaban J connectivity index is 1.83. The van der Waals surface area contributed by atoms with Crippen LogP contribution in [0.4, 0.5) is 5.82 Å². The molecule has 0 aliphatic carbocycles. The molecule has 1 fully saturated rings. The fourth-order valence-electron chi connectivity index (χ4n) is 2.92. The number of thioether (sulfide) groups is 1. The predicted octanol–water partition coefficient (Wildman–Crippen LogP) is -0.152. The lowest BCUT2D eigenvalue weighted by molar-refractivity contribution is -0.119. The Morgan fingerprint density at radius 1 is 1.54 bits per heavy atom. The summed E-state index contributed by atoms with van der Waals surface area (Å²) in [5.41, 5.74) is 0.288. The lowest BCUT2D eigenvalue weighted by Gasteiger charge is -2.20. The van der Waals surface area contributed by atoms with Crippen LogP contribution < -0.4 is 5.32 Å². The maximum Gasteiger partial charge on any atom is 0.244 e. The molecule has 3 rings (SSSR count). The van der Waals surface area contributed by atoms with Gasteiger partial charge in [0.2, 0.25) is 15.9 Å². The van der Waals surface area contributed by atoms with Crippen molar-refractivity contribution in [3.63, 3.8) is 0 Å². The number of anilines is 1. The molecule has 2 atom stereocenters. The third-order valence-corrected chi connectivity index (χ3v) is 6.32. The Labute approximate surface area is 144 Å². The number of nitrogens with zero attached hydrogens (tertiary/aromatic N) is 4. The molecule has 0 aromatic carbocycles. The molecule has 1 aromatic rings. The number of nitriles is 1. The summed E-state index contributed by atoms with van der Waals surface area (Å²) in [4.78, 5) is 16.9. The van der Waals surface area contributed by atoms with Crippen LogP contribution in [0.25, 0.3) is 0 Å². The number of sulfonamides is 1. The van der Waals surface area contributed by atoms with Crippen molar-refractivity contribution in [2.24, 2.45) is 0 Å². The standard InChI is InChI=1S/C13H17N5O4S2/c1-22-8-5-9(18(7-8)24(2,20)21)12(19)15-11-10(6-14)17-3-4-23-13(17)16-11/h8-9H,3-5,7H2,1-2H3,(H,15,19)/t8-,9+/m0/s1. The van der Waals surface area contributed by atoms with Gasteiger partial charge in [0.15, 0.2) is 16.7 Å². The van der Waals surface area contributed by atoms with Crippen molar-refractivity contribution < 1.29 is 17.9 Å². The number of aromatic nitrogens is 2. The van der Waals surface area contributed by atoms with E-state index in [-0.39, 0.29) is 30.6 Å². The normalized spacial score (nSPS) is 23.9. The van der Waals surface area contributed by atoms with Crippen LogP contribution in [0.1, 0.15) is 12.1 Å². The van der Waals surface area contributed by atoms with Crippen molar-refractivity contribution in [3.05, 3.63) is 5.69 Å². The second-order valence-electron chi connectivity index (χ2n) is 5.63. The Bertz CT molecular complexity index is 813. The number of hydrogen-bond donors (Lipinski definition) is 1. The highest BCUT2D eigenvalue weighted by molar-refractivity contribution is 7.99. The largest absolute Gasteiger partial charge is 0.380 e. The van der Waals surface area contributed by atoms with E-state index in [1.54, 1.807) is 4.57 Å². The van der Waals surface area contributed by atoms with Gasteiger partial charge in [-0.25, -0.2) is 13.4 Å². The zero-order valence-corrected chi connectivity index (χ0v) is 14.9. The van der Waals surface area contributed by atoms with Crippen LogP contribution in [-0.4, -0.2) is 66.0 Å². The van der Waals surface area contributed by atoms with Crippen LogP contribution in [0.5, 0.6) is 0 Å². The molecule has 9 nitrogen and oxygen atoms in total. The van der Waals surface area contributed by atoms with E-state index in [1.165, 1.54) is 18.9 Å². The first-order valence-electron chi connectivity index (χ1n) is 7.29. The minimum Gasteiger partial charge on any atom is -0.380 e. The number of methoxy groups -OCH3 is 1. The fraction of sp³-hybridized carbons (Fsp3) is 0.615. The molecule has 2 aliphatic heterocycles. The summed E-state index contributed by atoms with van der Waals surface area (Å²) in [6.45, 7) is 0.796. The average Bonchev–Trinajstić information content (AvgIpc) is 3.19. The van der Waals surface area contributed by atoms with E-state index in [1.807, 2.05) is 6.07 Å². The molecule has 0 unspecified atom stereocenters. The highest BCUT2D eigenvalue weighted by Crippen LogP contribution is 2.31. The molecule has 1 N–H and O–H groups in total. The third-order valence-electron chi connectivity index (χ3n) is 4.11. The molecule has 11 heteroatoms. The molecule has 1 saturated heterocycles. The van der Waals surface area contributed by atoms with Gasteiger partial charge >= 0.3 is 0 Å². The van der Waals surface area contributed by atoms with E-state index in [0.717, 1.165) is 16.3 Å². The average molecular weight is 371 g/mol. The van der Waals surface area contributed by atoms with Crippen LogP contribution in [0.3, 0.4) is 0 Å². The summed E-state index contributed by atoms with van der Waals surface area (Å²) in [5.74, 6) is 0.517. The van der Waals surface area contributed by atoms with Crippen molar-refractivity contribution >= 4 is 33.5 Å². The molecule has 3 heterocycles. The van der Waals surface area contributed by atoms with Gasteiger partial charge in [-0.3, -0.25) is 4.79 Å². The number of imidazole rings is 1. The zero-order chi connectivity index (χ0) is 17.5. The van der Waals surface area contributed by atoms with Crippen LogP contribution in [0.2, 0.25) is 0 Å². The molecule has 1 amide bonds. The molecule has 2 aliphatic rings. The molecule has 0 saturated carbocycles. The second kappa shape index (κ2) is 6.36. The topological polar surface area (TPSA) is 117 Å². The van der Waals surface area contributed by atoms with Crippen molar-refractivity contribution in [1.29, 1.82) is 5.26 Å². The SMILES string of the molecule is CO[C@H]1C[C@H](C(=O)Nc2nc3n(c2C#N)CCS3)N(S(C)(=O)=O)C1. The van der Waals surface area contributed by atoms with Gasteiger partial charge in [-0.05, 0) is 0 Å². The summed E-state index contributed by atoms with van der Waals surface area (Å²) >= 11 is 1.51. The molecular formula is C13H17N5O4S2. The number of fused-ring (bicyclic) bond motifs is 1. The van der Waals surface area contributed by atoms with Gasteiger partial charge in [-0.15, -0.1) is 0 Å². The first-order valence-corrected chi connectivity index (χ1v) is 10.1. The van der Waals surface area contributed by atoms with Gasteiger partial charge in [0, 0.05) is 32.4 Å². The van der Waals surface area contributed by atoms with E-state index >= 15 is 0 Å². The van der Waals surface area contributed by atoms with Gasteiger partial charge in [0.1, 0.15) is 12.1 Å². The Kier molecular flexibility index (Phi) is 4.56. The number of nitrogens with one attached hydrogen (secondary N) is 1. The molecule has 130 valence electrons. The zero-order valence-electron chi connectivity index (χ0n) is 13.2. The van der Waals surface area contributed by atoms with E-state index in [2.05, 4.69) is 10.3 Å². The van der Waals surface area contributed by atoms with Gasteiger partial charge in [0.05, 0.1) is 12.4 Å². The van der Waals surface area contributed by atoms with Crippen molar-refractivity contribution in [2.75, 3.05) is 31.0 Å². The quantitative estimate of drug-likeness (QED) is 0.782. The van der Waals surface area contributed by atoms with Crippen molar-refractivity contribution in [2.45, 2.75) is 30.3 Å². The minimum absolute atomic E-state index is 0.133. The van der Waals surface area contributed by atoms with Crippen LogP contribution in [0.15, 0.2) is 5.16 Å². The van der Waals surface area contributed by atoms with E-state index in [9.17, 15) is 18.5 Å². The smallest absolute Gasteiger partial charge is 0.244 e. The van der Waals surface area contributed by atoms with Crippen LogP contribution in [0, 0.1) is 11.3 Å². The number of amides is 1. The highest BCUT2D eigenvalue weighted by Gasteiger charge is 2.42. The van der Waals surface area contributed by atoms with Crippen molar-refractivity contribution in [3.8, 4) is 6.07 Å². The van der Waals surface area contributed by atoms with Crippen LogP contribution in [-0.2, 0) is 26.1 Å². The molecular weight excluding hydrogens is 354 g/mol. The van der Waals surface area contributed by atoms with Gasteiger partial charge < -0.3 is 14.6 Å². The summed E-state index contributed by atoms with van der Waals surface area (Å²) in [7, 11) is -2.06. The number of hydrogen-bond acceptors (Lipinski definition) is 7. The molecule has 24 heavy (non-hydrogen) atoms. The Morgan fingerprint density at radius 2 is 2.29 bits per heavy atom. The summed E-state index contributed by atoms with van der Waals surface area (Å²) in [5, 5.41) is 12.6. The Hall–Kier alpha value is -1.61. The van der Waals surface area contributed by atoms with E-state index < -0.39 is 22.0 Å². The maximum absolute atomic E-state index is 12.6. The molecule has 0 bridgehead atoms. The maximum atomic E-state index is 12.6. The minimum atomic E-state index is -3.55. The molecule has 1 aromatic heterocycles. The highest BCUT2D eigenvalue weighted by atomic mass is 32.2. The van der Waals surface area contributed by atoms with Crippen molar-refractivity contribution in [1.82, 2.24) is 13.9 Å². The van der Waals surface area contributed by atoms with Gasteiger partial charge in [-0.2, -0.15) is 9.57 Å². The lowest BCUT2D eigenvalue weighted by atomic mass is 10.2. The Morgan fingerprint density at radius 3 is 2.92 bits per heavy atom. The van der Waals surface area contributed by atoms with E-state index in [4.69, 9.17) is 4.74 Å². The lowest BCUT2D eigenvalue weighted by Crippen LogP contribution is -2.42. The number of carbonyl (C=O) groups excluding carboxylic acids is 1. The number of carbonyl (C=O) groups is 1. The second-order valence-corrected chi connectivity index (χ2v) is 8.63.